The summed E-state index contributed by atoms with van der Waals surface area (Å²) < 4.78 is 0. The van der Waals surface area contributed by atoms with E-state index in [1.54, 1.807) is 60.7 Å². The predicted molar refractivity (Wildman–Crippen MR) is 285 cm³/mol. The Morgan fingerprint density at radius 3 is 1.49 bits per heavy atom. The van der Waals surface area contributed by atoms with Crippen LogP contribution in [0.2, 0.25) is 0 Å². The number of aldehydes is 1. The topological polar surface area (TPSA) is 236 Å². The van der Waals surface area contributed by atoms with Gasteiger partial charge < -0.3 is 25.0 Å². The Morgan fingerprint density at radius 2 is 0.909 bits per heavy atom. The molecule has 0 aliphatic carbocycles. The second-order valence-corrected chi connectivity index (χ2v) is 20.7. The van der Waals surface area contributed by atoms with Crippen molar-refractivity contribution >= 4 is 156 Å². The molecule has 10 aromatic carbocycles. The minimum atomic E-state index is -0.754. The zero-order valence-electron chi connectivity index (χ0n) is 40.2. The van der Waals surface area contributed by atoms with E-state index in [-0.39, 0.29) is 172 Å². The molecule has 0 saturated carbocycles. The molecule has 350 valence electrons. The van der Waals surface area contributed by atoms with Crippen molar-refractivity contribution in [2.45, 2.75) is 0 Å². The molecule has 0 spiro atoms. The van der Waals surface area contributed by atoms with E-state index >= 15 is 0 Å². The Kier molecular flexibility index (Phi) is 11.5. The molecule has 77 heavy (non-hydrogen) atoms. The third kappa shape index (κ3) is 6.54. The molecule has 3 aliphatic rings. The first-order valence-corrected chi connectivity index (χ1v) is 24.7. The van der Waals surface area contributed by atoms with Crippen LogP contribution in [0, 0.1) is 22.7 Å². The van der Waals surface area contributed by atoms with Crippen molar-refractivity contribution in [3.63, 3.8) is 0 Å². The van der Waals surface area contributed by atoms with Gasteiger partial charge >= 0.3 is 116 Å². The molecule has 0 bridgehead atoms. The first-order valence-electron chi connectivity index (χ1n) is 23.1. The fourth-order valence-corrected chi connectivity index (χ4v) is 14.4. The van der Waals surface area contributed by atoms with Crippen LogP contribution in [0.5, 0.6) is 0 Å². The molecule has 3 aliphatic heterocycles. The molecule has 0 saturated heterocycles. The number of fused-ring (bicyclic) bond motifs is 4. The van der Waals surface area contributed by atoms with Crippen LogP contribution >= 0.6 is 22.7 Å². The number of thiophene rings is 2. The van der Waals surface area contributed by atoms with Crippen LogP contribution in [0.25, 0.3) is 127 Å². The van der Waals surface area contributed by atoms with Gasteiger partial charge in [-0.2, -0.15) is 10.5 Å². The number of imide groups is 3. The van der Waals surface area contributed by atoms with Gasteiger partial charge in [-0.15, -0.1) is 29.7 Å². The maximum absolute atomic E-state index is 13.9. The summed E-state index contributed by atoms with van der Waals surface area (Å²) in [6.45, 7) is 0. The summed E-state index contributed by atoms with van der Waals surface area (Å²) in [5.74, 6) is -4.37. The molecule has 0 atom stereocenters. The maximum Gasteiger partial charge on any atom is 1.00 e. The number of nitriles is 2. The fraction of sp³-hybridized carbons (Fsp3) is 0.0169. The van der Waals surface area contributed by atoms with Crippen molar-refractivity contribution in [3.8, 4) is 42.8 Å². The van der Waals surface area contributed by atoms with Crippen molar-refractivity contribution in [2.24, 2.45) is 0 Å². The Hall–Kier alpha value is -6.65. The second kappa shape index (κ2) is 17.7. The van der Waals surface area contributed by atoms with E-state index in [2.05, 4.69) is 33.4 Å². The molecule has 2 aromatic heterocycles. The van der Waals surface area contributed by atoms with Gasteiger partial charge in [-0.05, 0) is 110 Å². The van der Waals surface area contributed by atoms with E-state index in [4.69, 9.17) is 0 Å². The first-order chi connectivity index (χ1) is 36.4. The summed E-state index contributed by atoms with van der Waals surface area (Å²) in [7, 11) is 1.34. The Balaban J connectivity index is 0.00000283. The van der Waals surface area contributed by atoms with Gasteiger partial charge in [-0.25, -0.2) is 0 Å². The summed E-state index contributed by atoms with van der Waals surface area (Å²) in [6, 6.07) is 32.1. The summed E-state index contributed by atoms with van der Waals surface area (Å²) in [4.78, 5) is 111. The minimum Gasteiger partial charge on any atom is -0.652 e. The summed E-state index contributed by atoms with van der Waals surface area (Å²) in [6.07, 6.45) is 0.677. The molecule has 15 rings (SSSR count). The van der Waals surface area contributed by atoms with Crippen LogP contribution in [-0.2, 0) is 0 Å². The smallest absolute Gasteiger partial charge is 0.652 e. The van der Waals surface area contributed by atoms with Crippen LogP contribution in [0.4, 0.5) is 0 Å². The SMILES string of the molecule is C[N-]C(=O)c1cc(C#N)c2c3ccc4c5c(ccc(c6c(-c7ccc(-c8ccc(-c9cc%10c%11c(ccc%12c%13c(C#N)cc%14c%15c(ccc(c9c%11%12)c%15%13)C(=O)[N-]C%14=O)C(=O)NC%10=O)s8)s7)cc(C=O)c1c26)c53)C(=O)NC4=O.[Rb+].[Rb+]. The van der Waals surface area contributed by atoms with Gasteiger partial charge in [0.2, 0.25) is 0 Å². The van der Waals surface area contributed by atoms with E-state index in [1.165, 1.54) is 41.9 Å². The fourth-order valence-electron chi connectivity index (χ4n) is 12.2. The quantitative estimate of drug-likeness (QED) is 0.0875. The third-order valence-electron chi connectivity index (χ3n) is 15.1. The molecule has 5 heterocycles. The Bertz CT molecular complexity index is 5040. The molecule has 18 heteroatoms. The van der Waals surface area contributed by atoms with Crippen LogP contribution in [-0.4, -0.2) is 54.7 Å². The van der Waals surface area contributed by atoms with E-state index in [0.29, 0.717) is 108 Å². The van der Waals surface area contributed by atoms with Gasteiger partial charge in [-0.3, -0.25) is 34.6 Å². The van der Waals surface area contributed by atoms with Gasteiger partial charge in [0.25, 0.3) is 23.6 Å². The zero-order valence-corrected chi connectivity index (χ0v) is 51.7. The number of amides is 7. The number of hydrogen-bond donors (Lipinski definition) is 2. The van der Waals surface area contributed by atoms with E-state index in [1.807, 2.05) is 24.3 Å². The van der Waals surface area contributed by atoms with Gasteiger partial charge in [0, 0.05) is 118 Å². The van der Waals surface area contributed by atoms with Crippen molar-refractivity contribution < 1.29 is 155 Å². The number of nitrogens with one attached hydrogen (secondary N) is 2. The zero-order chi connectivity index (χ0) is 51.2. The van der Waals surface area contributed by atoms with Crippen molar-refractivity contribution in [2.75, 3.05) is 7.05 Å². The standard InChI is InChI=1S/C59H24N6O8S2.2Rb/c1-62-53(67)34-14-22(19-61)42-24-2-6-28-47-29(55(69)63-54(28)68)8-4-26(44(24)47)46-32(16-23(20-66)43(34)52(42)46)37-10-12-39(74-37)40-13-11-38(75-40)33-17-36-49-31(57(71)65-59(36)73)7-3-25-41-21(18-60)15-35-48-30(56(70)64-58(35)72)9-5-27(50(41)48)45(33)51(25)49;;/h2-17,20H,1H3,(H4,62,63,64,65,67,68,69,70,71,72,73);;/q;2*+1/p-2. The van der Waals surface area contributed by atoms with Crippen LogP contribution in [0.15, 0.2) is 97.1 Å². The number of benzene rings is 10. The maximum atomic E-state index is 13.9. The number of carbonyl (C=O) groups is 8. The van der Waals surface area contributed by atoms with Crippen molar-refractivity contribution in [3.05, 3.63) is 163 Å². The van der Waals surface area contributed by atoms with Crippen molar-refractivity contribution in [1.29, 1.82) is 10.5 Å². The van der Waals surface area contributed by atoms with Gasteiger partial charge in [0.15, 0.2) is 6.29 Å². The van der Waals surface area contributed by atoms with Crippen LogP contribution in [0.1, 0.15) is 94.0 Å². The minimum absolute atomic E-state index is 0. The van der Waals surface area contributed by atoms with E-state index in [0.717, 1.165) is 14.6 Å². The molecular formula is C59H22N6O8Rb2S2. The molecule has 0 radical (unpaired) electrons. The molecule has 0 fully saturated rings. The summed E-state index contributed by atoms with van der Waals surface area (Å²) >= 11 is 2.85. The average molecular weight is 1180 g/mol. The normalized spacial score (nSPS) is 13.6. The number of rotatable bonds is 5. The van der Waals surface area contributed by atoms with E-state index in [9.17, 15) is 48.9 Å². The number of carbonyl (C=O) groups excluding carboxylic acids is 8. The molecule has 0 unspecified atom stereocenters. The van der Waals surface area contributed by atoms with E-state index < -0.39 is 41.4 Å². The molecule has 14 nitrogen and oxygen atoms in total. The Morgan fingerprint density at radius 1 is 0.468 bits per heavy atom. The van der Waals surface area contributed by atoms with Gasteiger partial charge in [0.1, 0.15) is 0 Å². The first kappa shape index (κ1) is 49.9. The summed E-state index contributed by atoms with van der Waals surface area (Å²) in [5, 5.41) is 42.1. The predicted octanol–water partition coefficient (Wildman–Crippen LogP) is 6.05. The monoisotopic (exact) mass is 1180 g/mol. The van der Waals surface area contributed by atoms with Gasteiger partial charge in [-0.1, -0.05) is 30.3 Å². The molecular weight excluding hydrogens is 1160 g/mol. The largest absolute Gasteiger partial charge is 1.00 e. The second-order valence-electron chi connectivity index (χ2n) is 18.6. The Labute approximate surface area is 537 Å². The van der Waals surface area contributed by atoms with Crippen molar-refractivity contribution in [1.82, 2.24) is 10.6 Å². The third-order valence-corrected chi connectivity index (χ3v) is 17.6. The number of hydrogen-bond acceptors (Lipinski definition) is 12. The number of nitrogens with zero attached hydrogens (tertiary/aromatic N) is 4. The molecule has 2 N–H and O–H groups in total. The molecule has 7 amide bonds. The molecule has 12 aromatic rings. The van der Waals surface area contributed by atoms with Crippen LogP contribution in [0.3, 0.4) is 0 Å². The van der Waals surface area contributed by atoms with Gasteiger partial charge in [0.05, 0.1) is 41.0 Å². The summed E-state index contributed by atoms with van der Waals surface area (Å²) in [5.41, 5.74) is 3.23. The van der Waals surface area contributed by atoms with Crippen LogP contribution < -0.4 is 127 Å². The average Bonchev–Trinajstić information content (AvgIpc) is 4.05.